The molecule has 0 bridgehead atoms. The zero-order valence-corrected chi connectivity index (χ0v) is 11.3. The van der Waals surface area contributed by atoms with Gasteiger partial charge in [-0.1, -0.05) is 20.8 Å². The summed E-state index contributed by atoms with van der Waals surface area (Å²) < 4.78 is 0.583. The molecule has 1 unspecified atom stereocenters. The number of thiophene rings is 1. The van der Waals surface area contributed by atoms with Crippen LogP contribution in [0.25, 0.3) is 0 Å². The molecule has 1 atom stereocenters. The van der Waals surface area contributed by atoms with Crippen molar-refractivity contribution < 1.29 is 10.0 Å². The third-order valence-electron chi connectivity index (χ3n) is 1.71. The summed E-state index contributed by atoms with van der Waals surface area (Å²) >= 11 is 2.75. The van der Waals surface area contributed by atoms with Gasteiger partial charge in [-0.2, -0.15) is 0 Å². The summed E-state index contributed by atoms with van der Waals surface area (Å²) in [5.74, 6) is 0. The van der Waals surface area contributed by atoms with E-state index in [1.165, 1.54) is 29.2 Å². The molecule has 0 radical (unpaired) electrons. The smallest absolute Gasteiger partial charge is 0.294 e. The van der Waals surface area contributed by atoms with Gasteiger partial charge in [-0.3, -0.25) is 10.1 Å². The molecule has 1 heterocycles. The summed E-state index contributed by atoms with van der Waals surface area (Å²) in [6.07, 6.45) is -0.655. The van der Waals surface area contributed by atoms with Gasteiger partial charge < -0.3 is 5.11 Å². The predicted molar refractivity (Wildman–Crippen MR) is 67.2 cm³/mol. The summed E-state index contributed by atoms with van der Waals surface area (Å²) in [7, 11) is 0. The average Bonchev–Trinajstić information content (AvgIpc) is 2.44. The van der Waals surface area contributed by atoms with Gasteiger partial charge >= 0.3 is 0 Å². The highest BCUT2D eigenvalue weighted by atomic mass is 32.2. The number of aliphatic hydroxyl groups excluding tert-OH is 1. The third kappa shape index (κ3) is 3.47. The lowest BCUT2D eigenvalue weighted by molar-refractivity contribution is -0.387. The first-order chi connectivity index (χ1) is 7.20. The minimum Gasteiger partial charge on any atom is -0.388 e. The maximum absolute atomic E-state index is 10.9. The van der Waals surface area contributed by atoms with E-state index in [2.05, 4.69) is 0 Å². The lowest BCUT2D eigenvalue weighted by atomic mass is 10.3. The van der Waals surface area contributed by atoms with Crippen molar-refractivity contribution in [2.75, 3.05) is 0 Å². The van der Waals surface area contributed by atoms with Gasteiger partial charge in [0, 0.05) is 15.7 Å². The zero-order valence-electron chi connectivity index (χ0n) is 9.68. The van der Waals surface area contributed by atoms with Crippen LogP contribution in [0.2, 0.25) is 0 Å². The first-order valence-corrected chi connectivity index (χ1v) is 6.49. The predicted octanol–water partition coefficient (Wildman–Crippen LogP) is 3.60. The van der Waals surface area contributed by atoms with Gasteiger partial charge in [-0.15, -0.1) is 23.1 Å². The number of hydrogen-bond acceptors (Lipinski definition) is 5. The number of nitrogens with zero attached hydrogens (tertiary/aromatic N) is 1. The second-order valence-electron chi connectivity index (χ2n) is 4.47. The summed E-state index contributed by atoms with van der Waals surface area (Å²) in [6.45, 7) is 7.62. The van der Waals surface area contributed by atoms with Gasteiger partial charge in [0.1, 0.15) is 4.21 Å². The molecule has 4 nitrogen and oxygen atoms in total. The van der Waals surface area contributed by atoms with Crippen LogP contribution in [0.15, 0.2) is 10.3 Å². The molecule has 0 saturated heterocycles. The molecule has 0 aliphatic heterocycles. The third-order valence-corrected chi connectivity index (χ3v) is 4.30. The summed E-state index contributed by atoms with van der Waals surface area (Å²) in [5, 5.41) is 20.3. The van der Waals surface area contributed by atoms with E-state index < -0.39 is 11.0 Å². The fourth-order valence-corrected chi connectivity index (χ4v) is 3.86. The van der Waals surface area contributed by atoms with Gasteiger partial charge in [-0.05, 0) is 6.92 Å². The number of aliphatic hydroxyl groups is 1. The Balaban J connectivity index is 3.10. The van der Waals surface area contributed by atoms with Crippen LogP contribution >= 0.6 is 23.1 Å². The molecule has 1 aromatic heterocycles. The Labute approximate surface area is 103 Å². The molecule has 90 valence electrons. The van der Waals surface area contributed by atoms with Gasteiger partial charge in [0.15, 0.2) is 0 Å². The largest absolute Gasteiger partial charge is 0.388 e. The van der Waals surface area contributed by atoms with E-state index in [9.17, 15) is 15.2 Å². The quantitative estimate of drug-likeness (QED) is 0.513. The normalized spacial score (nSPS) is 13.8. The van der Waals surface area contributed by atoms with Crippen LogP contribution in [-0.2, 0) is 0 Å². The highest BCUT2D eigenvalue weighted by molar-refractivity contribution is 8.02. The van der Waals surface area contributed by atoms with E-state index in [-0.39, 0.29) is 10.4 Å². The maximum atomic E-state index is 10.9. The van der Waals surface area contributed by atoms with Crippen molar-refractivity contribution >= 4 is 28.8 Å². The molecule has 0 aromatic carbocycles. The van der Waals surface area contributed by atoms with Gasteiger partial charge in [0.05, 0.1) is 11.0 Å². The Morgan fingerprint density at radius 2 is 2.12 bits per heavy atom. The lowest BCUT2D eigenvalue weighted by Crippen LogP contribution is -2.06. The molecule has 6 heteroatoms. The lowest BCUT2D eigenvalue weighted by Gasteiger charge is -2.15. The molecule has 0 aliphatic rings. The fraction of sp³-hybridized carbons (Fsp3) is 0.600. The molecule has 0 aliphatic carbocycles. The summed E-state index contributed by atoms with van der Waals surface area (Å²) in [6, 6.07) is 1.46. The van der Waals surface area contributed by atoms with Crippen LogP contribution in [0.1, 0.15) is 38.7 Å². The maximum Gasteiger partial charge on any atom is 0.294 e. The zero-order chi connectivity index (χ0) is 12.5. The topological polar surface area (TPSA) is 63.4 Å². The van der Waals surface area contributed by atoms with Crippen LogP contribution in [0.4, 0.5) is 5.69 Å². The van der Waals surface area contributed by atoms with E-state index in [0.29, 0.717) is 9.09 Å². The summed E-state index contributed by atoms with van der Waals surface area (Å²) in [5.41, 5.74) is 0.0980. The molecule has 0 amide bonds. The Bertz CT molecular complexity index is 393. The molecular weight excluding hydrogens is 246 g/mol. The van der Waals surface area contributed by atoms with Crippen LogP contribution in [0.5, 0.6) is 0 Å². The standard InChI is InChI=1S/C10H15NO3S2/c1-6(12)8-5-7(11(13)14)9(15-8)16-10(2,3)4/h5-6,12H,1-4H3. The van der Waals surface area contributed by atoms with Crippen LogP contribution in [0, 0.1) is 10.1 Å². The molecular formula is C10H15NO3S2. The second-order valence-corrected chi connectivity index (χ2v) is 7.65. The van der Waals surface area contributed by atoms with Gasteiger partial charge in [-0.25, -0.2) is 0 Å². The molecule has 1 aromatic rings. The Morgan fingerprint density at radius 1 is 1.56 bits per heavy atom. The molecule has 0 spiro atoms. The van der Waals surface area contributed by atoms with Crippen LogP contribution in [-0.4, -0.2) is 14.8 Å². The average molecular weight is 261 g/mol. The van der Waals surface area contributed by atoms with Crippen molar-refractivity contribution in [3.63, 3.8) is 0 Å². The van der Waals surface area contributed by atoms with Gasteiger partial charge in [0.2, 0.25) is 0 Å². The van der Waals surface area contributed by atoms with Crippen molar-refractivity contribution in [3.05, 3.63) is 21.1 Å². The number of thioether (sulfide) groups is 1. The minimum atomic E-state index is -0.655. The molecule has 16 heavy (non-hydrogen) atoms. The van der Waals surface area contributed by atoms with E-state index >= 15 is 0 Å². The highest BCUT2D eigenvalue weighted by Crippen LogP contribution is 2.44. The number of hydrogen-bond donors (Lipinski definition) is 1. The second kappa shape index (κ2) is 4.73. The van der Waals surface area contributed by atoms with E-state index in [1.807, 2.05) is 20.8 Å². The highest BCUT2D eigenvalue weighted by Gasteiger charge is 2.25. The monoisotopic (exact) mass is 261 g/mol. The Kier molecular flexibility index (Phi) is 3.98. The fourth-order valence-electron chi connectivity index (χ4n) is 1.07. The Morgan fingerprint density at radius 3 is 2.50 bits per heavy atom. The molecule has 0 fully saturated rings. The molecule has 1 rings (SSSR count). The first kappa shape index (κ1) is 13.5. The SMILES string of the molecule is CC(O)c1cc([N+](=O)[O-])c(SC(C)(C)C)s1. The van der Waals surface area contributed by atoms with Crippen molar-refractivity contribution in [2.24, 2.45) is 0 Å². The van der Waals surface area contributed by atoms with E-state index in [0.717, 1.165) is 0 Å². The first-order valence-electron chi connectivity index (χ1n) is 4.86. The summed E-state index contributed by atoms with van der Waals surface area (Å²) in [4.78, 5) is 11.1. The van der Waals surface area contributed by atoms with Crippen molar-refractivity contribution in [2.45, 2.75) is 42.8 Å². The van der Waals surface area contributed by atoms with E-state index in [1.54, 1.807) is 6.92 Å². The molecule has 0 saturated carbocycles. The van der Waals surface area contributed by atoms with Crippen molar-refractivity contribution in [1.82, 2.24) is 0 Å². The van der Waals surface area contributed by atoms with Crippen LogP contribution < -0.4 is 0 Å². The van der Waals surface area contributed by atoms with Crippen LogP contribution in [0.3, 0.4) is 0 Å². The van der Waals surface area contributed by atoms with Gasteiger partial charge in [0.25, 0.3) is 5.69 Å². The Hall–Kier alpha value is -0.590. The van der Waals surface area contributed by atoms with Crippen molar-refractivity contribution in [3.8, 4) is 0 Å². The number of rotatable bonds is 3. The number of nitro groups is 1. The van der Waals surface area contributed by atoms with Crippen molar-refractivity contribution in [1.29, 1.82) is 0 Å². The molecule has 1 N–H and O–H groups in total. The van der Waals surface area contributed by atoms with E-state index in [4.69, 9.17) is 0 Å². The minimum absolute atomic E-state index is 0.0778.